The maximum absolute atomic E-state index is 12.8. The van der Waals surface area contributed by atoms with Crippen LogP contribution >= 0.6 is 95.6 Å². The summed E-state index contributed by atoms with van der Waals surface area (Å²) in [6, 6.07) is 30.3. The molecule has 2 saturated heterocycles. The Balaban J connectivity index is 0. The first-order valence-electron chi connectivity index (χ1n) is 31.7. The van der Waals surface area contributed by atoms with Crippen LogP contribution in [-0.2, 0) is 28.8 Å². The van der Waals surface area contributed by atoms with Gasteiger partial charge in [-0.1, -0.05) is 155 Å². The van der Waals surface area contributed by atoms with Crippen LogP contribution in [0.3, 0.4) is 0 Å². The number of nitrogens with zero attached hydrogens (tertiary/aromatic N) is 14. The van der Waals surface area contributed by atoms with Crippen molar-refractivity contribution >= 4 is 159 Å². The Hall–Kier alpha value is -4.96. The molecule has 2 heterocycles. The molecule has 2 fully saturated rings. The van der Waals surface area contributed by atoms with E-state index in [9.17, 15) is 59.4 Å². The van der Waals surface area contributed by atoms with Gasteiger partial charge in [0.25, 0.3) is 0 Å². The molecule has 0 bridgehead atoms. The summed E-state index contributed by atoms with van der Waals surface area (Å²) in [6.07, 6.45) is 10.5. The summed E-state index contributed by atoms with van der Waals surface area (Å²) in [7, 11) is 20.2. The van der Waals surface area contributed by atoms with Crippen molar-refractivity contribution in [2.75, 3.05) is 163 Å². The van der Waals surface area contributed by atoms with E-state index >= 15 is 0 Å². The number of rotatable bonds is 24. The minimum atomic E-state index is -0.211. The van der Waals surface area contributed by atoms with Crippen molar-refractivity contribution in [1.82, 2.24) is 49.0 Å². The fourth-order valence-electron chi connectivity index (χ4n) is 8.51. The molecule has 0 aliphatic carbocycles. The van der Waals surface area contributed by atoms with Gasteiger partial charge in [0, 0.05) is 189 Å². The van der Waals surface area contributed by atoms with Crippen molar-refractivity contribution in [2.45, 2.75) is 12.3 Å². The maximum atomic E-state index is 12.8. The smallest absolute Gasteiger partial charge is 0.872 e. The number of benzene rings is 6. The molecule has 26 nitrogen and oxygen atoms in total. The number of hydrogen-bond donors (Lipinski definition) is 0. The molecule has 2 radical (unpaired) electrons. The van der Waals surface area contributed by atoms with E-state index < -0.39 is 0 Å². The topological polar surface area (TPSA) is 323 Å². The number of amides is 6. The summed E-state index contributed by atoms with van der Waals surface area (Å²) in [6.45, 7) is 7.59. The standard InChI is InChI=1S/2C27H27Br3N4O3.6C3H7NO.2Nd/c2*28-20-1-4-24(35)18(13-20)16-31-7-9-33-11-12-34(27(33)23-15-22(30)3-6-26(23)37)10-8-32-17-19-14-21(29)2-5-25(19)36;6*1-4(2)3-5;;/h2*1-6,13-17,27,35-37H,7-12H2;6*3H,1-2H3;;/q;;;;;;;;2*+3/p-6. The van der Waals surface area contributed by atoms with Crippen LogP contribution in [0.15, 0.2) is 156 Å². The van der Waals surface area contributed by atoms with Crippen LogP contribution in [0.1, 0.15) is 45.7 Å². The Morgan fingerprint density at radius 1 is 0.311 bits per heavy atom. The summed E-state index contributed by atoms with van der Waals surface area (Å²) in [5, 5.41) is 73.7. The van der Waals surface area contributed by atoms with Crippen molar-refractivity contribution in [1.29, 1.82) is 0 Å². The predicted octanol–water partition coefficient (Wildman–Crippen LogP) is 6.33. The second-order valence-electron chi connectivity index (χ2n) is 23.5. The largest absolute Gasteiger partial charge is 3.00 e. The minimum Gasteiger partial charge on any atom is -0.872 e. The molecule has 8 rings (SSSR count). The third-order valence-corrected chi connectivity index (χ3v) is 16.3. The Bertz CT molecular complexity index is 3260. The molecule has 2 aliphatic rings. The van der Waals surface area contributed by atoms with E-state index in [1.165, 1.54) is 53.7 Å². The quantitative estimate of drug-likeness (QED) is 0.0472. The average Bonchev–Trinajstić information content (AvgIpc) is 1.63. The molecule has 6 aromatic carbocycles. The molecule has 106 heavy (non-hydrogen) atoms. The van der Waals surface area contributed by atoms with Crippen molar-refractivity contribution in [3.8, 4) is 34.5 Å². The fourth-order valence-corrected chi connectivity index (χ4v) is 10.8. The van der Waals surface area contributed by atoms with Gasteiger partial charge in [-0.2, -0.15) is 0 Å². The third-order valence-electron chi connectivity index (χ3n) is 13.4. The molecule has 0 spiro atoms. The molecule has 0 saturated carbocycles. The first kappa shape index (κ1) is 103. The number of halogens is 6. The number of aliphatic imine (C=N–C) groups is 4. The van der Waals surface area contributed by atoms with Crippen molar-refractivity contribution < 1.29 is 141 Å². The van der Waals surface area contributed by atoms with Gasteiger partial charge in [-0.3, -0.25) is 68.3 Å². The molecule has 0 atom stereocenters. The second kappa shape index (κ2) is 58.9. The number of carbonyl (C=O) groups excluding carboxylic acids is 6. The van der Waals surface area contributed by atoms with Crippen LogP contribution in [0.4, 0.5) is 0 Å². The van der Waals surface area contributed by atoms with Crippen LogP contribution in [0.2, 0.25) is 0 Å². The van der Waals surface area contributed by atoms with Gasteiger partial charge in [0.2, 0.25) is 38.5 Å². The maximum Gasteiger partial charge on any atom is 3.00 e. The van der Waals surface area contributed by atoms with Crippen LogP contribution in [0.25, 0.3) is 0 Å². The first-order valence-corrected chi connectivity index (χ1v) is 36.5. The molecule has 2 aliphatic heterocycles. The summed E-state index contributed by atoms with van der Waals surface area (Å²) in [5.74, 6) is -0.339. The molecule has 6 amide bonds. The summed E-state index contributed by atoms with van der Waals surface area (Å²) >= 11 is 20.5. The zero-order valence-electron chi connectivity index (χ0n) is 61.2. The van der Waals surface area contributed by atoms with Crippen molar-refractivity contribution in [3.63, 3.8) is 0 Å². The zero-order chi connectivity index (χ0) is 78.4. The van der Waals surface area contributed by atoms with Gasteiger partial charge >= 0.3 is 81.7 Å². The first-order chi connectivity index (χ1) is 49.2. The molecule has 0 unspecified atom stereocenters. The predicted molar refractivity (Wildman–Crippen MR) is 422 cm³/mol. The third kappa shape index (κ3) is 44.0. The molecule has 0 aromatic heterocycles. The number of carbonyl (C=O) groups is 6. The zero-order valence-corrected chi connectivity index (χ0v) is 77.2. The van der Waals surface area contributed by atoms with Crippen LogP contribution in [0.5, 0.6) is 34.5 Å². The van der Waals surface area contributed by atoms with Crippen LogP contribution in [0, 0.1) is 81.7 Å². The SMILES string of the molecule is CN(C)C=O.CN(C)C=O.CN(C)C=O.CN(C)C=O.CN(C)C=O.CN(C)C=O.[Nd+3].[Nd+3].[O-]c1ccc(Br)cc1C=NCCN1CCN(CCN=Cc2cc(Br)ccc2[O-])C1c1cc(Br)ccc1[O-].[O-]c1ccc(Br)cc1C=NCCN1CCN(CCN=Cc2cc(Br)ccc2[O-])C1c1cc(Br)ccc1[O-]. The number of hydrogen-bond acceptors (Lipinski definition) is 20. The van der Waals surface area contributed by atoms with Crippen molar-refractivity contribution in [3.05, 3.63) is 169 Å². The van der Waals surface area contributed by atoms with Crippen LogP contribution < -0.4 is 30.6 Å². The van der Waals surface area contributed by atoms with Gasteiger partial charge in [0.1, 0.15) is 0 Å². The average molecular weight is 2110 g/mol. The second-order valence-corrected chi connectivity index (χ2v) is 29.0. The van der Waals surface area contributed by atoms with Gasteiger partial charge in [0.05, 0.1) is 38.5 Å². The Morgan fingerprint density at radius 3 is 0.642 bits per heavy atom. The molecule has 0 N–H and O–H groups in total. The van der Waals surface area contributed by atoms with E-state index in [0.29, 0.717) is 85.7 Å². The van der Waals surface area contributed by atoms with Crippen molar-refractivity contribution in [2.24, 2.45) is 20.0 Å². The van der Waals surface area contributed by atoms with Gasteiger partial charge in [-0.25, -0.2) is 0 Å². The van der Waals surface area contributed by atoms with E-state index in [-0.39, 0.29) is 129 Å². The van der Waals surface area contributed by atoms with E-state index in [2.05, 4.69) is 135 Å². The molecule has 6 aromatic rings. The monoisotopic (exact) mass is 2100 g/mol. The summed E-state index contributed by atoms with van der Waals surface area (Å²) in [5.41, 5.74) is 3.53. The van der Waals surface area contributed by atoms with E-state index in [1.807, 2.05) is 12.1 Å². The van der Waals surface area contributed by atoms with E-state index in [0.717, 1.165) is 91.5 Å². The van der Waals surface area contributed by atoms with Gasteiger partial charge in [0.15, 0.2) is 0 Å². The Morgan fingerprint density at radius 2 is 0.472 bits per heavy atom. The van der Waals surface area contributed by atoms with Crippen LogP contribution in [-0.4, -0.2) is 275 Å². The normalized spacial score (nSPS) is 13.7. The summed E-state index contributed by atoms with van der Waals surface area (Å²) < 4.78 is 5.01. The van der Waals surface area contributed by atoms with E-state index in [4.69, 9.17) is 0 Å². The molecule has 34 heteroatoms. The molecule has 570 valence electrons. The molecular formula is C72H90Br6N14Nd2O12. The Kier molecular flexibility index (Phi) is 57.3. The van der Waals surface area contributed by atoms with E-state index in [1.54, 1.807) is 182 Å². The van der Waals surface area contributed by atoms with Gasteiger partial charge < -0.3 is 60.0 Å². The fraction of sp³-hybridized carbons (Fsp3) is 0.361. The van der Waals surface area contributed by atoms with Gasteiger partial charge in [-0.15, -0.1) is 11.5 Å². The molecular weight excluding hydrogens is 2020 g/mol. The summed E-state index contributed by atoms with van der Waals surface area (Å²) in [4.78, 5) is 92.1. The Labute approximate surface area is 739 Å². The van der Waals surface area contributed by atoms with Gasteiger partial charge in [-0.05, 0) is 106 Å². The minimum absolute atomic E-state index is 0.